The van der Waals surface area contributed by atoms with Crippen LogP contribution >= 0.6 is 0 Å². The number of Topliss-reactive ketones (excluding diaryl/α,β-unsaturated/α-hetero) is 1. The van der Waals surface area contributed by atoms with Crippen LogP contribution in [0, 0.1) is 47.3 Å². The first kappa shape index (κ1) is 64.6. The standard InChI is InChI=1S/C55H97N3O17/c1-27(2)20-41(60)72-47-35(10)46(29(4)25-68-53-49(66-18)33(8)43(61)38(13)71-53)74-51(64)37(12)48(73-42-21-30(5)58(24-32(7)69-42)26-54(15,16)56-39(14)59)34(9)45(28(3)23-55(17,65)50(63)36(47)11)75-52-44(62)40(57-67-19)22-31(6)70-52/h27-38,42-49,52-53,61-62,65H,20-26H2,1-19H3,(H,56,59)/b57-40+/t28-,29-,30?,31+,32-,33+,34+,35-,36+,37+,38+,42-,43-,44+,45-,46+,47+,48-,49+,52-,53+,55-/m0/s1. The van der Waals surface area contributed by atoms with Crippen molar-refractivity contribution in [2.45, 2.75) is 240 Å². The number of hydrogen-bond acceptors (Lipinski definition) is 19. The largest absolute Gasteiger partial charge is 0.461 e. The van der Waals surface area contributed by atoms with E-state index in [1.54, 1.807) is 27.7 Å². The number of aliphatic hydroxyl groups excluding tert-OH is 2. The van der Waals surface area contributed by atoms with Crippen LogP contribution in [0.2, 0.25) is 0 Å². The van der Waals surface area contributed by atoms with Crippen molar-refractivity contribution in [3.05, 3.63) is 0 Å². The van der Waals surface area contributed by atoms with E-state index in [1.165, 1.54) is 28.1 Å². The molecule has 0 radical (unpaired) electrons. The van der Waals surface area contributed by atoms with Crippen molar-refractivity contribution in [3.8, 4) is 0 Å². The maximum Gasteiger partial charge on any atom is 0.311 e. The Labute approximate surface area is 447 Å². The molecule has 0 aromatic carbocycles. The first-order valence-corrected chi connectivity index (χ1v) is 27.4. The molecule has 20 nitrogen and oxygen atoms in total. The van der Waals surface area contributed by atoms with E-state index >= 15 is 4.79 Å². The van der Waals surface area contributed by atoms with Crippen LogP contribution in [0.25, 0.3) is 0 Å². The number of ether oxygens (including phenoxy) is 9. The number of carbonyl (C=O) groups excluding carboxylic acids is 4. The molecule has 4 fully saturated rings. The molecule has 1 unspecified atom stereocenters. The Morgan fingerprint density at radius 1 is 0.853 bits per heavy atom. The number of amides is 1. The summed E-state index contributed by atoms with van der Waals surface area (Å²) in [5, 5.41) is 42.1. The number of nitrogens with one attached hydrogen (secondary N) is 1. The fourth-order valence-corrected chi connectivity index (χ4v) is 11.9. The molecule has 0 saturated carbocycles. The van der Waals surface area contributed by atoms with E-state index < -0.39 is 138 Å². The third kappa shape index (κ3) is 17.3. The molecule has 434 valence electrons. The predicted molar refractivity (Wildman–Crippen MR) is 278 cm³/mol. The van der Waals surface area contributed by atoms with Gasteiger partial charge in [-0.2, -0.15) is 0 Å². The van der Waals surface area contributed by atoms with Gasteiger partial charge in [0, 0.05) is 81.6 Å². The Kier molecular flexibility index (Phi) is 24.0. The van der Waals surface area contributed by atoms with E-state index in [2.05, 4.69) is 22.3 Å². The number of oxime groups is 1. The van der Waals surface area contributed by atoms with E-state index in [4.69, 9.17) is 47.5 Å². The van der Waals surface area contributed by atoms with Crippen LogP contribution in [0.3, 0.4) is 0 Å². The third-order valence-electron chi connectivity index (χ3n) is 15.7. The summed E-state index contributed by atoms with van der Waals surface area (Å²) < 4.78 is 58.1. The summed E-state index contributed by atoms with van der Waals surface area (Å²) in [4.78, 5) is 63.5. The lowest BCUT2D eigenvalue weighted by molar-refractivity contribution is -0.288. The Hall–Kier alpha value is -2.89. The lowest BCUT2D eigenvalue weighted by Gasteiger charge is -2.44. The molecular weight excluding hydrogens is 975 g/mol. The van der Waals surface area contributed by atoms with Gasteiger partial charge in [0.1, 0.15) is 37.1 Å². The second-order valence-electron chi connectivity index (χ2n) is 24.0. The maximum atomic E-state index is 15.3. The van der Waals surface area contributed by atoms with Crippen molar-refractivity contribution < 1.29 is 82.0 Å². The van der Waals surface area contributed by atoms with Crippen LogP contribution in [-0.2, 0) is 66.6 Å². The number of methoxy groups -OCH3 is 1. The fourth-order valence-electron chi connectivity index (χ4n) is 11.9. The lowest BCUT2D eigenvalue weighted by Crippen LogP contribution is -2.55. The molecule has 0 bridgehead atoms. The second kappa shape index (κ2) is 27.8. The lowest BCUT2D eigenvalue weighted by atomic mass is 9.74. The van der Waals surface area contributed by atoms with Gasteiger partial charge < -0.3 is 68.1 Å². The van der Waals surface area contributed by atoms with Gasteiger partial charge in [0.05, 0.1) is 60.8 Å². The number of rotatable bonds is 16. The smallest absolute Gasteiger partial charge is 0.311 e. The molecule has 75 heavy (non-hydrogen) atoms. The summed E-state index contributed by atoms with van der Waals surface area (Å²) in [5.74, 6) is -7.51. The Morgan fingerprint density at radius 2 is 1.51 bits per heavy atom. The van der Waals surface area contributed by atoms with Gasteiger partial charge in [0.2, 0.25) is 5.91 Å². The summed E-state index contributed by atoms with van der Waals surface area (Å²) in [6.07, 6.45) is -11.0. The number of ketones is 1. The molecule has 4 aliphatic heterocycles. The summed E-state index contributed by atoms with van der Waals surface area (Å²) >= 11 is 0. The highest BCUT2D eigenvalue weighted by atomic mass is 16.7. The van der Waals surface area contributed by atoms with Gasteiger partial charge in [0.15, 0.2) is 24.7 Å². The van der Waals surface area contributed by atoms with Gasteiger partial charge in [0.25, 0.3) is 0 Å². The highest BCUT2D eigenvalue weighted by molar-refractivity contribution is 5.90. The Morgan fingerprint density at radius 3 is 2.11 bits per heavy atom. The Bertz CT molecular complexity index is 1890. The highest BCUT2D eigenvalue weighted by Gasteiger charge is 2.51. The van der Waals surface area contributed by atoms with E-state index in [-0.39, 0.29) is 55.8 Å². The predicted octanol–water partition coefficient (Wildman–Crippen LogP) is 5.18. The molecule has 0 spiro atoms. The molecule has 22 atom stereocenters. The van der Waals surface area contributed by atoms with Gasteiger partial charge in [-0.15, -0.1) is 0 Å². The van der Waals surface area contributed by atoms with E-state index in [0.29, 0.717) is 25.2 Å². The SMILES string of the molecule is CO/N=C1\C[C@@H](C)O[C@@H](O[C@@H]2[C@@H](C)[C@H](O[C@H]3CC(C)N(CC(C)(C)NC(C)=O)C[C@H](C)O3)[C@@H](C)C(=O)O[C@H]([C@@H](C)CO[C@@H]3O[C@H](C)[C@@H](O)[C@@H](C)[C@H]3OC)[C@H](C)[C@@H](OC(=O)CC(C)C)[C@@H](C)C(=O)[C@@](C)(O)C[C@@H]2C)[C@@H]1O. The minimum absolute atomic E-state index is 0.0447. The van der Waals surface area contributed by atoms with Crippen molar-refractivity contribution in [1.29, 1.82) is 0 Å². The van der Waals surface area contributed by atoms with Gasteiger partial charge in [-0.25, -0.2) is 0 Å². The topological polar surface area (TPSA) is 249 Å². The number of aliphatic hydroxyl groups is 3. The van der Waals surface area contributed by atoms with E-state index in [1.807, 2.05) is 69.2 Å². The zero-order chi connectivity index (χ0) is 56.6. The maximum absolute atomic E-state index is 15.3. The van der Waals surface area contributed by atoms with Gasteiger partial charge in [-0.05, 0) is 73.6 Å². The number of esters is 2. The average molecular weight is 1070 g/mol. The number of nitrogens with zero attached hydrogens (tertiary/aromatic N) is 2. The van der Waals surface area contributed by atoms with Gasteiger partial charge in [-0.3, -0.25) is 24.1 Å². The first-order chi connectivity index (χ1) is 34.8. The van der Waals surface area contributed by atoms with E-state index in [0.717, 1.165) is 0 Å². The second-order valence-corrected chi connectivity index (χ2v) is 24.0. The summed E-state index contributed by atoms with van der Waals surface area (Å²) in [5.41, 5.74) is -2.30. The highest BCUT2D eigenvalue weighted by Crippen LogP contribution is 2.40. The monoisotopic (exact) mass is 1070 g/mol. The van der Waals surface area contributed by atoms with Crippen LogP contribution in [0.1, 0.15) is 143 Å². The molecule has 20 heteroatoms. The van der Waals surface area contributed by atoms with Crippen molar-refractivity contribution in [2.75, 3.05) is 33.9 Å². The number of carbonyl (C=O) groups is 4. The number of hydrogen-bond donors (Lipinski definition) is 4. The quantitative estimate of drug-likeness (QED) is 0.115. The molecule has 4 rings (SSSR count). The van der Waals surface area contributed by atoms with Crippen LogP contribution in [0.15, 0.2) is 5.16 Å². The summed E-state index contributed by atoms with van der Waals surface area (Å²) in [6.45, 7) is 31.6. The first-order valence-electron chi connectivity index (χ1n) is 27.4. The molecule has 4 N–H and O–H groups in total. The van der Waals surface area contributed by atoms with Gasteiger partial charge >= 0.3 is 11.9 Å². The zero-order valence-electron chi connectivity index (χ0n) is 48.6. The zero-order valence-corrected chi connectivity index (χ0v) is 48.6. The van der Waals surface area contributed by atoms with Crippen LogP contribution in [0.4, 0.5) is 0 Å². The molecule has 4 aliphatic rings. The average Bonchev–Trinajstić information content (AvgIpc) is 3.43. The summed E-state index contributed by atoms with van der Waals surface area (Å²) in [6, 6.07) is -0.120. The Balaban J connectivity index is 1.89. The van der Waals surface area contributed by atoms with Gasteiger partial charge in [-0.1, -0.05) is 60.5 Å². The molecule has 0 aromatic rings. The number of cyclic esters (lactones) is 1. The fraction of sp³-hybridized carbons (Fsp3) is 0.909. The van der Waals surface area contributed by atoms with Crippen molar-refractivity contribution in [2.24, 2.45) is 52.5 Å². The molecule has 4 heterocycles. The van der Waals surface area contributed by atoms with Crippen molar-refractivity contribution in [3.63, 3.8) is 0 Å². The van der Waals surface area contributed by atoms with Crippen molar-refractivity contribution >= 4 is 29.3 Å². The van der Waals surface area contributed by atoms with Crippen LogP contribution in [0.5, 0.6) is 0 Å². The normalized spacial score (nSPS) is 41.3. The summed E-state index contributed by atoms with van der Waals surface area (Å²) in [7, 11) is 2.89. The van der Waals surface area contributed by atoms with Crippen LogP contribution < -0.4 is 5.32 Å². The minimum Gasteiger partial charge on any atom is -0.461 e. The molecular formula is C55H97N3O17. The third-order valence-corrected chi connectivity index (χ3v) is 15.7. The molecule has 1 amide bonds. The molecule has 0 aliphatic carbocycles. The minimum atomic E-state index is -2.03. The van der Waals surface area contributed by atoms with E-state index in [9.17, 15) is 29.7 Å². The molecule has 0 aromatic heterocycles. The van der Waals surface area contributed by atoms with Crippen molar-refractivity contribution in [1.82, 2.24) is 10.2 Å². The van der Waals surface area contributed by atoms with Crippen LogP contribution in [-0.4, -0.2) is 181 Å². The molecule has 4 saturated heterocycles.